The lowest BCUT2D eigenvalue weighted by atomic mass is 10.2. The highest BCUT2D eigenvalue weighted by Gasteiger charge is 2.12. The number of nitrogens with one attached hydrogen (secondary N) is 1. The summed E-state index contributed by atoms with van der Waals surface area (Å²) in [5, 5.41) is 6.31. The number of hydrogen-bond acceptors (Lipinski definition) is 7. The van der Waals surface area contributed by atoms with E-state index in [1.807, 2.05) is 0 Å². The van der Waals surface area contributed by atoms with Crippen molar-refractivity contribution in [3.05, 3.63) is 39.6 Å². The van der Waals surface area contributed by atoms with Gasteiger partial charge in [-0.15, -0.1) is 11.3 Å². The largest absolute Gasteiger partial charge is 0.492 e. The molecule has 0 unspecified atom stereocenters. The first-order valence-corrected chi connectivity index (χ1v) is 8.22. The van der Waals surface area contributed by atoms with E-state index in [1.54, 1.807) is 12.3 Å². The van der Waals surface area contributed by atoms with E-state index in [0.29, 0.717) is 17.4 Å². The predicted octanol–water partition coefficient (Wildman–Crippen LogP) is 3.50. The zero-order valence-corrected chi connectivity index (χ0v) is 14.6. The molecule has 24 heavy (non-hydrogen) atoms. The van der Waals surface area contributed by atoms with Gasteiger partial charge in [-0.05, 0) is 19.1 Å². The lowest BCUT2D eigenvalue weighted by Crippen LogP contribution is -2.07. The summed E-state index contributed by atoms with van der Waals surface area (Å²) in [4.78, 5) is 15.6. The summed E-state index contributed by atoms with van der Waals surface area (Å²) in [6, 6.07) is 3.01. The van der Waals surface area contributed by atoms with Gasteiger partial charge in [-0.25, -0.2) is 9.37 Å². The molecule has 9 heteroatoms. The molecule has 2 rings (SSSR count). The van der Waals surface area contributed by atoms with Gasteiger partial charge in [0.1, 0.15) is 0 Å². The zero-order valence-electron chi connectivity index (χ0n) is 13.0. The van der Waals surface area contributed by atoms with Crippen molar-refractivity contribution in [1.82, 2.24) is 4.98 Å². The minimum Gasteiger partial charge on any atom is -0.492 e. The summed E-state index contributed by atoms with van der Waals surface area (Å²) >= 11 is 7.10. The van der Waals surface area contributed by atoms with Gasteiger partial charge in [-0.2, -0.15) is 5.10 Å². The van der Waals surface area contributed by atoms with E-state index in [2.05, 4.69) is 15.5 Å². The molecule has 6 nitrogen and oxygen atoms in total. The van der Waals surface area contributed by atoms with Crippen LogP contribution in [0, 0.1) is 5.82 Å². The van der Waals surface area contributed by atoms with Crippen molar-refractivity contribution in [3.8, 4) is 5.75 Å². The van der Waals surface area contributed by atoms with E-state index >= 15 is 0 Å². The Hall–Kier alpha value is -2.19. The number of methoxy groups -OCH3 is 1. The molecule has 1 N–H and O–H groups in total. The normalized spacial score (nSPS) is 10.8. The third-order valence-electron chi connectivity index (χ3n) is 2.83. The van der Waals surface area contributed by atoms with Crippen LogP contribution in [0.2, 0.25) is 5.02 Å². The molecule has 1 aromatic carbocycles. The smallest absolute Gasteiger partial charge is 0.311 e. The Kier molecular flexibility index (Phi) is 6.51. The highest BCUT2D eigenvalue weighted by atomic mass is 35.5. The summed E-state index contributed by atoms with van der Waals surface area (Å²) in [6.45, 7) is 2.07. The zero-order chi connectivity index (χ0) is 17.5. The van der Waals surface area contributed by atoms with Gasteiger partial charge >= 0.3 is 5.97 Å². The van der Waals surface area contributed by atoms with Crippen molar-refractivity contribution in [2.45, 2.75) is 13.3 Å². The van der Waals surface area contributed by atoms with Crippen LogP contribution in [0.15, 0.2) is 22.6 Å². The second kappa shape index (κ2) is 8.60. The van der Waals surface area contributed by atoms with Crippen molar-refractivity contribution in [2.24, 2.45) is 5.10 Å². The molecule has 2 aromatic rings. The van der Waals surface area contributed by atoms with Crippen molar-refractivity contribution in [3.63, 3.8) is 0 Å². The molecule has 128 valence electrons. The fraction of sp³-hybridized carbons (Fsp3) is 0.267. The van der Waals surface area contributed by atoms with E-state index in [4.69, 9.17) is 21.1 Å². The molecule has 0 aliphatic heterocycles. The van der Waals surface area contributed by atoms with Crippen LogP contribution in [0.3, 0.4) is 0 Å². The molecule has 0 fully saturated rings. The van der Waals surface area contributed by atoms with Crippen LogP contribution in [-0.4, -0.2) is 30.9 Å². The minimum absolute atomic E-state index is 0.0356. The molecule has 0 aliphatic carbocycles. The molecule has 1 aromatic heterocycles. The summed E-state index contributed by atoms with van der Waals surface area (Å²) < 4.78 is 23.8. The second-order valence-electron chi connectivity index (χ2n) is 4.48. The van der Waals surface area contributed by atoms with Gasteiger partial charge in [0, 0.05) is 10.9 Å². The average Bonchev–Trinajstić information content (AvgIpc) is 2.97. The number of hydrazone groups is 1. The van der Waals surface area contributed by atoms with Crippen LogP contribution in [0.1, 0.15) is 18.2 Å². The number of carbonyl (C=O) groups is 1. The molecular weight excluding hydrogens is 357 g/mol. The number of esters is 1. The lowest BCUT2D eigenvalue weighted by Gasteiger charge is -2.05. The number of ether oxygens (including phenoxy) is 2. The number of halogens is 2. The number of rotatable bonds is 7. The highest BCUT2D eigenvalue weighted by Crippen LogP contribution is 2.29. The van der Waals surface area contributed by atoms with E-state index in [0.717, 1.165) is 0 Å². The first kappa shape index (κ1) is 18.2. The van der Waals surface area contributed by atoms with Gasteiger partial charge < -0.3 is 9.47 Å². The molecular formula is C15H15ClFN3O3S. The molecule has 1 heterocycles. The number of hydrogen-bond donors (Lipinski definition) is 1. The Bertz CT molecular complexity index is 752. The quantitative estimate of drug-likeness (QED) is 0.458. The Balaban J connectivity index is 2.00. The maximum atomic E-state index is 14.1. The van der Waals surface area contributed by atoms with Gasteiger partial charge in [0.05, 0.1) is 37.1 Å². The number of anilines is 1. The maximum absolute atomic E-state index is 14.1. The topological polar surface area (TPSA) is 72.8 Å². The maximum Gasteiger partial charge on any atom is 0.311 e. The minimum atomic E-state index is -0.599. The average molecular weight is 372 g/mol. The number of carbonyl (C=O) groups excluding carboxylic acids is 1. The summed E-state index contributed by atoms with van der Waals surface area (Å²) in [5.41, 5.74) is 3.48. The second-order valence-corrected chi connectivity index (χ2v) is 5.74. The molecule has 0 bridgehead atoms. The number of thiazole rings is 1. The van der Waals surface area contributed by atoms with Crippen molar-refractivity contribution >= 4 is 40.3 Å². The lowest BCUT2D eigenvalue weighted by molar-refractivity contribution is -0.142. The van der Waals surface area contributed by atoms with Crippen molar-refractivity contribution < 1.29 is 18.7 Å². The van der Waals surface area contributed by atoms with Gasteiger partial charge in [-0.3, -0.25) is 10.2 Å². The van der Waals surface area contributed by atoms with Crippen LogP contribution in [0.5, 0.6) is 5.75 Å². The van der Waals surface area contributed by atoms with E-state index in [1.165, 1.54) is 36.8 Å². The molecule has 0 amide bonds. The fourth-order valence-corrected chi connectivity index (χ4v) is 2.67. The molecule has 0 spiro atoms. The SMILES string of the molecule is CCOC(=O)Cc1csc(NN=Cc2ccc(Cl)c(OC)c2F)n1. The van der Waals surface area contributed by atoms with Crippen LogP contribution < -0.4 is 10.2 Å². The van der Waals surface area contributed by atoms with Crippen LogP contribution in [0.4, 0.5) is 9.52 Å². The number of aromatic nitrogens is 1. The Morgan fingerprint density at radius 2 is 2.33 bits per heavy atom. The number of benzene rings is 1. The first-order chi connectivity index (χ1) is 11.5. The highest BCUT2D eigenvalue weighted by molar-refractivity contribution is 7.13. The Labute approximate surface area is 147 Å². The third kappa shape index (κ3) is 4.65. The van der Waals surface area contributed by atoms with Crippen LogP contribution >= 0.6 is 22.9 Å². The van der Waals surface area contributed by atoms with Gasteiger partial charge in [0.2, 0.25) is 5.13 Å². The van der Waals surface area contributed by atoms with Crippen molar-refractivity contribution in [1.29, 1.82) is 0 Å². The molecule has 0 aliphatic rings. The fourth-order valence-electron chi connectivity index (χ4n) is 1.79. The molecule has 0 atom stereocenters. The first-order valence-electron chi connectivity index (χ1n) is 6.96. The third-order valence-corrected chi connectivity index (χ3v) is 3.92. The standard InChI is InChI=1S/C15H15ClFN3O3S/c1-3-23-12(21)6-10-8-24-15(19-10)20-18-7-9-4-5-11(16)14(22-2)13(9)17/h4-5,7-8H,3,6H2,1-2H3,(H,19,20). The molecule has 0 saturated heterocycles. The summed E-state index contributed by atoms with van der Waals surface area (Å²) in [7, 11) is 1.34. The predicted molar refractivity (Wildman–Crippen MR) is 91.6 cm³/mol. The van der Waals surface area contributed by atoms with E-state index in [-0.39, 0.29) is 28.7 Å². The molecule has 0 radical (unpaired) electrons. The van der Waals surface area contributed by atoms with Crippen LogP contribution in [0.25, 0.3) is 0 Å². The molecule has 0 saturated carbocycles. The Morgan fingerprint density at radius 1 is 1.54 bits per heavy atom. The van der Waals surface area contributed by atoms with E-state index in [9.17, 15) is 9.18 Å². The summed E-state index contributed by atoms with van der Waals surface area (Å²) in [6.07, 6.45) is 1.39. The van der Waals surface area contributed by atoms with E-state index < -0.39 is 5.82 Å². The monoisotopic (exact) mass is 371 g/mol. The Morgan fingerprint density at radius 3 is 3.04 bits per heavy atom. The van der Waals surface area contributed by atoms with Gasteiger partial charge in [-0.1, -0.05) is 11.6 Å². The van der Waals surface area contributed by atoms with Crippen LogP contribution in [-0.2, 0) is 16.0 Å². The summed E-state index contributed by atoms with van der Waals surface area (Å²) in [5.74, 6) is -0.975. The van der Waals surface area contributed by atoms with Gasteiger partial charge in [0.25, 0.3) is 0 Å². The number of nitrogens with zero attached hydrogens (tertiary/aromatic N) is 2. The van der Waals surface area contributed by atoms with Gasteiger partial charge in [0.15, 0.2) is 11.6 Å². The van der Waals surface area contributed by atoms with Crippen molar-refractivity contribution in [2.75, 3.05) is 19.1 Å².